The molecule has 2 aromatic rings. The van der Waals surface area contributed by atoms with E-state index in [2.05, 4.69) is 14.9 Å². The fourth-order valence-corrected chi connectivity index (χ4v) is 2.72. The summed E-state index contributed by atoms with van der Waals surface area (Å²) in [5.74, 6) is -2.23. The maximum Gasteiger partial charge on any atom is 0.285 e. The van der Waals surface area contributed by atoms with Gasteiger partial charge in [0.2, 0.25) is 0 Å². The minimum absolute atomic E-state index is 0.394. The second-order valence-electron chi connectivity index (χ2n) is 3.44. The number of rotatable bonds is 2. The van der Waals surface area contributed by atoms with Crippen LogP contribution in [0.2, 0.25) is 0 Å². The lowest BCUT2D eigenvalue weighted by molar-refractivity contribution is -0.118. The van der Waals surface area contributed by atoms with Crippen molar-refractivity contribution in [3.05, 3.63) is 17.9 Å². The normalized spacial score (nSPS) is 12.6. The molecule has 0 bridgehead atoms. The van der Waals surface area contributed by atoms with Crippen molar-refractivity contribution in [1.82, 2.24) is 15.0 Å². The monoisotopic (exact) mass is 361 g/mol. The molecule has 1 N–H and O–H groups in total. The second kappa shape index (κ2) is 4.99. The van der Waals surface area contributed by atoms with E-state index in [1.165, 1.54) is 4.72 Å². The summed E-state index contributed by atoms with van der Waals surface area (Å²) in [6.45, 7) is 0. The largest absolute Gasteiger partial charge is 0.285 e. The first-order chi connectivity index (χ1) is 9.13. The summed E-state index contributed by atoms with van der Waals surface area (Å²) in [5, 5.41) is 6.46. The van der Waals surface area contributed by atoms with Gasteiger partial charge in [-0.05, 0) is 22.4 Å². The van der Waals surface area contributed by atoms with Crippen LogP contribution in [-0.2, 0) is 14.8 Å². The molecule has 0 saturated heterocycles. The van der Waals surface area contributed by atoms with Crippen LogP contribution in [0.3, 0.4) is 0 Å². The van der Waals surface area contributed by atoms with Crippen LogP contribution in [0.1, 0.15) is 0 Å². The van der Waals surface area contributed by atoms with Crippen molar-refractivity contribution < 1.29 is 22.2 Å². The zero-order chi connectivity index (χ0) is 15.1. The van der Waals surface area contributed by atoms with Crippen LogP contribution in [0.5, 0.6) is 0 Å². The van der Waals surface area contributed by atoms with E-state index >= 15 is 0 Å². The van der Waals surface area contributed by atoms with Gasteiger partial charge in [0, 0.05) is 0 Å². The smallest absolute Gasteiger partial charge is 0.269 e. The number of nitrogens with one attached hydrogen (secondary N) is 1. The molecule has 7 nitrogen and oxygen atoms in total. The first-order valence-corrected chi connectivity index (χ1v) is 7.29. The molecule has 0 aliphatic heterocycles. The predicted octanol–water partition coefficient (Wildman–Crippen LogP) is 1.54. The number of benzene rings is 1. The Morgan fingerprint density at radius 3 is 2.45 bits per heavy atom. The van der Waals surface area contributed by atoms with Crippen LogP contribution in [0.15, 0.2) is 21.7 Å². The summed E-state index contributed by atoms with van der Waals surface area (Å²) in [4.78, 5) is 10.8. The first kappa shape index (κ1) is 15.2. The summed E-state index contributed by atoms with van der Waals surface area (Å²) < 4.78 is 40.6. The topological polar surface area (TPSA) is 102 Å². The van der Waals surface area contributed by atoms with Gasteiger partial charge in [0.15, 0.2) is 16.9 Å². The van der Waals surface area contributed by atoms with Crippen LogP contribution in [-0.4, -0.2) is 28.4 Å². The zero-order valence-electron chi connectivity index (χ0n) is 9.10. The molecule has 108 valence electrons. The van der Waals surface area contributed by atoms with Crippen molar-refractivity contribution in [2.45, 2.75) is 8.69 Å². The summed E-state index contributed by atoms with van der Waals surface area (Å²) in [5.41, 5.74) is -0.802. The molecule has 0 atom stereocenters. The quantitative estimate of drug-likeness (QED) is 0.813. The Labute approximate surface area is 126 Å². The lowest BCUT2D eigenvalue weighted by Gasteiger charge is -2.11. The minimum Gasteiger partial charge on any atom is -0.269 e. The number of halogens is 4. The number of hydrogen-bond acceptors (Lipinski definition) is 6. The summed E-state index contributed by atoms with van der Waals surface area (Å²) in [6.07, 6.45) is 0. The molecule has 0 saturated carbocycles. The molecule has 0 unspecified atom stereocenters. The Balaban J connectivity index is 2.51. The number of nitrogens with zero attached hydrogens (tertiary/aromatic N) is 2. The molecule has 0 radical (unpaired) electrons. The molecule has 0 aliphatic carbocycles. The molecule has 1 aromatic heterocycles. The molecule has 2 rings (SSSR count). The van der Waals surface area contributed by atoms with E-state index in [1.54, 1.807) is 0 Å². The van der Waals surface area contributed by atoms with Gasteiger partial charge >= 0.3 is 0 Å². The van der Waals surface area contributed by atoms with Crippen LogP contribution >= 0.6 is 34.8 Å². The SMILES string of the molecule is O=C(NS(=O)(=O)c1ccc(F)c2nonc12)C(Cl)(Cl)Cl. The summed E-state index contributed by atoms with van der Waals surface area (Å²) in [6, 6.07) is 1.69. The van der Waals surface area contributed by atoms with Crippen LogP contribution < -0.4 is 4.72 Å². The molecule has 12 heteroatoms. The molecule has 1 aromatic carbocycles. The molecule has 0 fully saturated rings. The number of sulfonamides is 1. The molecule has 1 amide bonds. The van der Waals surface area contributed by atoms with Gasteiger partial charge in [-0.15, -0.1) is 0 Å². The van der Waals surface area contributed by atoms with Gasteiger partial charge in [-0.3, -0.25) is 4.79 Å². The first-order valence-electron chi connectivity index (χ1n) is 4.67. The molecule has 20 heavy (non-hydrogen) atoms. The van der Waals surface area contributed by atoms with E-state index in [-0.39, 0.29) is 0 Å². The highest BCUT2D eigenvalue weighted by Crippen LogP contribution is 2.28. The number of carbonyl (C=O) groups is 1. The second-order valence-corrected chi connectivity index (χ2v) is 7.37. The van der Waals surface area contributed by atoms with Crippen molar-refractivity contribution in [2.24, 2.45) is 0 Å². The summed E-state index contributed by atoms with van der Waals surface area (Å²) in [7, 11) is -4.44. The van der Waals surface area contributed by atoms with Crippen LogP contribution in [0.4, 0.5) is 4.39 Å². The van der Waals surface area contributed by atoms with Gasteiger partial charge in [-0.25, -0.2) is 22.2 Å². The number of hydrogen-bond donors (Lipinski definition) is 1. The molecule has 1 heterocycles. The fraction of sp³-hybridized carbons (Fsp3) is 0.125. The Morgan fingerprint density at radius 1 is 1.25 bits per heavy atom. The third-order valence-electron chi connectivity index (χ3n) is 2.10. The Bertz CT molecular complexity index is 786. The lowest BCUT2D eigenvalue weighted by atomic mass is 10.3. The summed E-state index contributed by atoms with van der Waals surface area (Å²) >= 11 is 15.7. The highest BCUT2D eigenvalue weighted by Gasteiger charge is 2.35. The van der Waals surface area contributed by atoms with Gasteiger partial charge in [0.1, 0.15) is 4.90 Å². The Kier molecular flexibility index (Phi) is 3.80. The van der Waals surface area contributed by atoms with Gasteiger partial charge in [-0.1, -0.05) is 34.8 Å². The van der Waals surface area contributed by atoms with Crippen molar-refractivity contribution >= 4 is 61.8 Å². The average molecular weight is 363 g/mol. The number of amides is 1. The standard InChI is InChI=1S/C8H3Cl3FN3O4S/c9-8(10,11)7(16)15-20(17,18)4-2-1-3(12)5-6(4)14-19-13-5/h1-2H,(H,15,16). The maximum atomic E-state index is 13.3. The van der Waals surface area contributed by atoms with Gasteiger partial charge in [0.05, 0.1) is 0 Å². The third-order valence-corrected chi connectivity index (χ3v) is 3.98. The molecular formula is C8H3Cl3FN3O4S. The average Bonchev–Trinajstić information content (AvgIpc) is 2.76. The fourth-order valence-electron chi connectivity index (χ4n) is 1.27. The van der Waals surface area contributed by atoms with E-state index in [4.69, 9.17) is 34.8 Å². The van der Waals surface area contributed by atoms with Gasteiger partial charge in [-0.2, -0.15) is 0 Å². The van der Waals surface area contributed by atoms with Crippen molar-refractivity contribution in [1.29, 1.82) is 0 Å². The molecular weight excluding hydrogens is 360 g/mol. The van der Waals surface area contributed by atoms with Crippen molar-refractivity contribution in [3.8, 4) is 0 Å². The Hall–Kier alpha value is -1.16. The highest BCUT2D eigenvalue weighted by molar-refractivity contribution is 7.90. The van der Waals surface area contributed by atoms with Crippen LogP contribution in [0.25, 0.3) is 11.0 Å². The minimum atomic E-state index is -4.44. The van der Waals surface area contributed by atoms with Crippen molar-refractivity contribution in [3.63, 3.8) is 0 Å². The number of aromatic nitrogens is 2. The van der Waals surface area contributed by atoms with E-state index in [0.717, 1.165) is 12.1 Å². The van der Waals surface area contributed by atoms with E-state index < -0.39 is 41.5 Å². The third kappa shape index (κ3) is 2.80. The highest BCUT2D eigenvalue weighted by atomic mass is 35.6. The number of fused-ring (bicyclic) bond motifs is 1. The van der Waals surface area contributed by atoms with Gasteiger partial charge in [0.25, 0.3) is 19.7 Å². The lowest BCUT2D eigenvalue weighted by Crippen LogP contribution is -2.38. The Morgan fingerprint density at radius 2 is 1.85 bits per heavy atom. The van der Waals surface area contributed by atoms with Gasteiger partial charge < -0.3 is 0 Å². The van der Waals surface area contributed by atoms with E-state index in [0.29, 0.717) is 0 Å². The number of carbonyl (C=O) groups excluding carboxylic acids is 1. The molecule has 0 aliphatic rings. The predicted molar refractivity (Wildman–Crippen MR) is 67.4 cm³/mol. The number of alkyl halides is 3. The van der Waals surface area contributed by atoms with E-state index in [1.807, 2.05) is 0 Å². The van der Waals surface area contributed by atoms with Crippen LogP contribution in [0, 0.1) is 5.82 Å². The zero-order valence-corrected chi connectivity index (χ0v) is 12.2. The van der Waals surface area contributed by atoms with Crippen molar-refractivity contribution in [2.75, 3.05) is 0 Å². The maximum absolute atomic E-state index is 13.3. The molecule has 0 spiro atoms. The van der Waals surface area contributed by atoms with E-state index in [9.17, 15) is 17.6 Å².